The number of aryl methyl sites for hydroxylation is 2. The summed E-state index contributed by atoms with van der Waals surface area (Å²) in [7, 11) is 0. The maximum atomic E-state index is 13.4. The first-order chi connectivity index (χ1) is 15.0. The molecule has 2 heterocycles. The number of benzene rings is 2. The van der Waals surface area contributed by atoms with E-state index in [1.54, 1.807) is 22.9 Å². The minimum atomic E-state index is -0.307. The lowest BCUT2D eigenvalue weighted by molar-refractivity contribution is 0.0383. The van der Waals surface area contributed by atoms with Gasteiger partial charge in [0.15, 0.2) is 0 Å². The Morgan fingerprint density at radius 1 is 1.10 bits per heavy atom. The van der Waals surface area contributed by atoms with Crippen molar-refractivity contribution >= 4 is 5.91 Å². The number of ether oxygens (including phenoxy) is 1. The molecule has 7 heteroatoms. The SMILES string of the molecule is Cc1ccc(C)c(-n2nc(-c3ccc(F)cc3)cc2C(=O)NCCN2CCOCC2)c1. The smallest absolute Gasteiger partial charge is 0.270 e. The van der Waals surface area contributed by atoms with Gasteiger partial charge in [0.25, 0.3) is 5.91 Å². The van der Waals surface area contributed by atoms with E-state index in [2.05, 4.69) is 10.2 Å². The van der Waals surface area contributed by atoms with Gasteiger partial charge >= 0.3 is 0 Å². The Balaban J connectivity index is 1.61. The molecule has 4 rings (SSSR count). The van der Waals surface area contributed by atoms with Crippen LogP contribution in [0.25, 0.3) is 16.9 Å². The highest BCUT2D eigenvalue weighted by molar-refractivity contribution is 5.94. The quantitative estimate of drug-likeness (QED) is 0.662. The van der Waals surface area contributed by atoms with Crippen molar-refractivity contribution < 1.29 is 13.9 Å². The molecule has 1 saturated heterocycles. The number of hydrogen-bond acceptors (Lipinski definition) is 4. The third-order valence-corrected chi connectivity index (χ3v) is 5.49. The van der Waals surface area contributed by atoms with Crippen LogP contribution < -0.4 is 5.32 Å². The predicted octanol–water partition coefficient (Wildman–Crippen LogP) is 3.36. The average molecular weight is 423 g/mol. The number of hydrogen-bond donors (Lipinski definition) is 1. The highest BCUT2D eigenvalue weighted by Crippen LogP contribution is 2.24. The second kappa shape index (κ2) is 9.41. The summed E-state index contributed by atoms with van der Waals surface area (Å²) in [6, 6.07) is 14.0. The van der Waals surface area contributed by atoms with Gasteiger partial charge in [-0.1, -0.05) is 12.1 Å². The maximum absolute atomic E-state index is 13.4. The van der Waals surface area contributed by atoms with Crippen LogP contribution in [0.1, 0.15) is 21.6 Å². The zero-order chi connectivity index (χ0) is 21.8. The summed E-state index contributed by atoms with van der Waals surface area (Å²) in [5.41, 5.74) is 4.79. The molecule has 1 amide bonds. The van der Waals surface area contributed by atoms with Crippen LogP contribution in [0.2, 0.25) is 0 Å². The zero-order valence-electron chi connectivity index (χ0n) is 17.9. The Labute approximate surface area is 181 Å². The van der Waals surface area contributed by atoms with E-state index in [0.717, 1.165) is 55.2 Å². The van der Waals surface area contributed by atoms with Crippen molar-refractivity contribution in [1.82, 2.24) is 20.0 Å². The van der Waals surface area contributed by atoms with Crippen LogP contribution in [0.3, 0.4) is 0 Å². The molecule has 1 N–H and O–H groups in total. The first-order valence-corrected chi connectivity index (χ1v) is 10.5. The molecule has 1 aliphatic heterocycles. The van der Waals surface area contributed by atoms with Crippen LogP contribution in [-0.4, -0.2) is 60.0 Å². The molecular weight excluding hydrogens is 395 g/mol. The largest absolute Gasteiger partial charge is 0.379 e. The summed E-state index contributed by atoms with van der Waals surface area (Å²) in [4.78, 5) is 15.4. The van der Waals surface area contributed by atoms with Gasteiger partial charge in [-0.25, -0.2) is 9.07 Å². The lowest BCUT2D eigenvalue weighted by Gasteiger charge is -2.26. The molecule has 6 nitrogen and oxygen atoms in total. The molecule has 0 spiro atoms. The highest BCUT2D eigenvalue weighted by Gasteiger charge is 2.19. The fourth-order valence-corrected chi connectivity index (χ4v) is 3.68. The van der Waals surface area contributed by atoms with Gasteiger partial charge in [-0.3, -0.25) is 9.69 Å². The van der Waals surface area contributed by atoms with Gasteiger partial charge < -0.3 is 10.1 Å². The van der Waals surface area contributed by atoms with Gasteiger partial charge in [-0.15, -0.1) is 0 Å². The van der Waals surface area contributed by atoms with Crippen molar-refractivity contribution in [2.45, 2.75) is 13.8 Å². The van der Waals surface area contributed by atoms with Crippen LogP contribution in [0.5, 0.6) is 0 Å². The summed E-state index contributed by atoms with van der Waals surface area (Å²) in [5.74, 6) is -0.492. The Morgan fingerprint density at radius 3 is 2.58 bits per heavy atom. The molecule has 31 heavy (non-hydrogen) atoms. The third-order valence-electron chi connectivity index (χ3n) is 5.49. The molecule has 1 fully saturated rings. The molecule has 162 valence electrons. The van der Waals surface area contributed by atoms with E-state index >= 15 is 0 Å². The number of amides is 1. The number of aromatic nitrogens is 2. The molecule has 3 aromatic rings. The molecule has 2 aromatic carbocycles. The summed E-state index contributed by atoms with van der Waals surface area (Å²) >= 11 is 0. The standard InChI is InChI=1S/C24H27FN4O2/c1-17-3-4-18(2)22(15-17)29-23(16-21(27-29)19-5-7-20(25)8-6-19)24(30)26-9-10-28-11-13-31-14-12-28/h3-8,15-16H,9-14H2,1-2H3,(H,26,30). The number of carbonyl (C=O) groups is 1. The van der Waals surface area contributed by atoms with Gasteiger partial charge in [0.05, 0.1) is 24.6 Å². The maximum Gasteiger partial charge on any atom is 0.270 e. The van der Waals surface area contributed by atoms with Crippen molar-refractivity contribution in [3.63, 3.8) is 0 Å². The monoisotopic (exact) mass is 422 g/mol. The summed E-state index contributed by atoms with van der Waals surface area (Å²) in [6.45, 7) is 8.54. The van der Waals surface area contributed by atoms with E-state index in [1.807, 2.05) is 32.0 Å². The van der Waals surface area contributed by atoms with E-state index in [-0.39, 0.29) is 11.7 Å². The van der Waals surface area contributed by atoms with Crippen molar-refractivity contribution in [2.75, 3.05) is 39.4 Å². The number of halogens is 1. The molecular formula is C24H27FN4O2. The summed E-state index contributed by atoms with van der Waals surface area (Å²) in [5, 5.41) is 7.73. The first-order valence-electron chi connectivity index (χ1n) is 10.5. The fraction of sp³-hybridized carbons (Fsp3) is 0.333. The first kappa shape index (κ1) is 21.2. The molecule has 0 radical (unpaired) electrons. The Kier molecular flexibility index (Phi) is 6.44. The van der Waals surface area contributed by atoms with Crippen LogP contribution >= 0.6 is 0 Å². The second-order valence-corrected chi connectivity index (χ2v) is 7.83. The summed E-state index contributed by atoms with van der Waals surface area (Å²) in [6.07, 6.45) is 0. The van der Waals surface area contributed by atoms with Gasteiger partial charge in [0.1, 0.15) is 11.5 Å². The molecule has 1 aliphatic rings. The van der Waals surface area contributed by atoms with Crippen molar-refractivity contribution in [2.24, 2.45) is 0 Å². The number of carbonyl (C=O) groups excluding carboxylic acids is 1. The van der Waals surface area contributed by atoms with Crippen LogP contribution in [0.15, 0.2) is 48.5 Å². The van der Waals surface area contributed by atoms with E-state index in [0.29, 0.717) is 17.9 Å². The normalized spacial score (nSPS) is 14.5. The van der Waals surface area contributed by atoms with E-state index in [4.69, 9.17) is 9.84 Å². The Morgan fingerprint density at radius 2 is 1.84 bits per heavy atom. The minimum Gasteiger partial charge on any atom is -0.379 e. The topological polar surface area (TPSA) is 59.4 Å². The van der Waals surface area contributed by atoms with Crippen molar-refractivity contribution in [3.8, 4) is 16.9 Å². The third kappa shape index (κ3) is 5.00. The molecule has 0 saturated carbocycles. The number of nitrogens with zero attached hydrogens (tertiary/aromatic N) is 3. The van der Waals surface area contributed by atoms with Gasteiger partial charge in [-0.2, -0.15) is 5.10 Å². The Bertz CT molecular complexity index is 1060. The number of rotatable bonds is 6. The Hall–Kier alpha value is -3.03. The highest BCUT2D eigenvalue weighted by atomic mass is 19.1. The second-order valence-electron chi connectivity index (χ2n) is 7.83. The van der Waals surface area contributed by atoms with Crippen LogP contribution in [-0.2, 0) is 4.74 Å². The summed E-state index contributed by atoms with van der Waals surface area (Å²) < 4.78 is 20.4. The number of nitrogens with one attached hydrogen (secondary N) is 1. The van der Waals surface area contributed by atoms with Gasteiger partial charge in [0, 0.05) is 31.7 Å². The fourth-order valence-electron chi connectivity index (χ4n) is 3.68. The lowest BCUT2D eigenvalue weighted by Crippen LogP contribution is -2.41. The molecule has 0 aliphatic carbocycles. The number of morpholine rings is 1. The van der Waals surface area contributed by atoms with Crippen LogP contribution in [0.4, 0.5) is 4.39 Å². The van der Waals surface area contributed by atoms with Crippen molar-refractivity contribution in [1.29, 1.82) is 0 Å². The van der Waals surface area contributed by atoms with E-state index in [9.17, 15) is 9.18 Å². The minimum absolute atomic E-state index is 0.185. The molecule has 1 aromatic heterocycles. The van der Waals surface area contributed by atoms with Crippen LogP contribution in [0, 0.1) is 19.7 Å². The van der Waals surface area contributed by atoms with E-state index in [1.165, 1.54) is 12.1 Å². The van der Waals surface area contributed by atoms with E-state index < -0.39 is 0 Å². The van der Waals surface area contributed by atoms with Gasteiger partial charge in [0.2, 0.25) is 0 Å². The van der Waals surface area contributed by atoms with Gasteiger partial charge in [-0.05, 0) is 61.4 Å². The molecule has 0 bridgehead atoms. The lowest BCUT2D eigenvalue weighted by atomic mass is 10.1. The zero-order valence-corrected chi connectivity index (χ0v) is 17.9. The van der Waals surface area contributed by atoms with Crippen molar-refractivity contribution in [3.05, 3.63) is 71.2 Å². The molecule has 0 unspecified atom stereocenters. The predicted molar refractivity (Wildman–Crippen MR) is 118 cm³/mol. The molecule has 0 atom stereocenters. The average Bonchev–Trinajstić information content (AvgIpc) is 3.22.